The third-order valence-corrected chi connectivity index (χ3v) is 3.00. The van der Waals surface area contributed by atoms with E-state index in [9.17, 15) is 0 Å². The largest absolute Gasteiger partial charge is 0.430 e. The van der Waals surface area contributed by atoms with Gasteiger partial charge in [0, 0.05) is 23.6 Å². The van der Waals surface area contributed by atoms with Gasteiger partial charge < -0.3 is 10.5 Å². The van der Waals surface area contributed by atoms with E-state index in [1.165, 1.54) is 11.5 Å². The Morgan fingerprint density at radius 3 is 2.94 bits per heavy atom. The highest BCUT2D eigenvalue weighted by Crippen LogP contribution is 2.26. The Balaban J connectivity index is 2.11. The molecule has 0 aliphatic heterocycles. The number of nitrogen functional groups attached to an aromatic ring is 1. The van der Waals surface area contributed by atoms with Crippen molar-refractivity contribution in [2.45, 2.75) is 26.7 Å². The van der Waals surface area contributed by atoms with E-state index in [1.807, 2.05) is 25.1 Å². The number of nitrogens with two attached hydrogens (primary N) is 1. The van der Waals surface area contributed by atoms with Crippen LogP contribution in [-0.4, -0.2) is 9.36 Å². The first kappa shape index (κ1) is 11.9. The van der Waals surface area contributed by atoms with E-state index in [0.29, 0.717) is 5.19 Å². The Kier molecular flexibility index (Phi) is 3.58. The average Bonchev–Trinajstić information content (AvgIpc) is 2.72. The summed E-state index contributed by atoms with van der Waals surface area (Å²) in [6, 6.07) is 5.57. The molecule has 0 atom stereocenters. The lowest BCUT2D eigenvalue weighted by Crippen LogP contribution is -1.91. The van der Waals surface area contributed by atoms with Crippen LogP contribution < -0.4 is 10.5 Å². The Bertz CT molecular complexity index is 510. The highest BCUT2D eigenvalue weighted by Gasteiger charge is 2.06. The normalized spacial score (nSPS) is 10.5. The van der Waals surface area contributed by atoms with Crippen LogP contribution >= 0.6 is 11.5 Å². The van der Waals surface area contributed by atoms with Crippen molar-refractivity contribution >= 4 is 17.2 Å². The smallest absolute Gasteiger partial charge is 0.298 e. The molecule has 0 spiro atoms. The summed E-state index contributed by atoms with van der Waals surface area (Å²) in [5.41, 5.74) is 7.51. The summed E-state index contributed by atoms with van der Waals surface area (Å²) in [6.45, 7) is 4.05. The Hall–Kier alpha value is -1.62. The van der Waals surface area contributed by atoms with Gasteiger partial charge in [0.05, 0.1) is 0 Å². The van der Waals surface area contributed by atoms with Gasteiger partial charge in [0.1, 0.15) is 11.6 Å². The van der Waals surface area contributed by atoms with Gasteiger partial charge in [0.2, 0.25) is 0 Å². The molecule has 0 aliphatic rings. The van der Waals surface area contributed by atoms with E-state index >= 15 is 0 Å². The summed E-state index contributed by atoms with van der Waals surface area (Å²) in [4.78, 5) is 4.30. The monoisotopic (exact) mass is 249 g/mol. The summed E-state index contributed by atoms with van der Waals surface area (Å²) in [5.74, 6) is 1.59. The number of nitrogens with zero attached hydrogens (tertiary/aromatic N) is 2. The molecule has 0 unspecified atom stereocenters. The lowest BCUT2D eigenvalue weighted by atomic mass is 10.2. The van der Waals surface area contributed by atoms with Crippen molar-refractivity contribution in [2.75, 3.05) is 5.73 Å². The maximum atomic E-state index is 5.74. The number of rotatable bonds is 4. The average molecular weight is 249 g/mol. The summed E-state index contributed by atoms with van der Waals surface area (Å²) >= 11 is 1.28. The van der Waals surface area contributed by atoms with E-state index < -0.39 is 0 Å². The fraction of sp³-hybridized carbons (Fsp3) is 0.333. The first-order chi connectivity index (χ1) is 8.19. The third-order valence-electron chi connectivity index (χ3n) is 2.37. The maximum absolute atomic E-state index is 5.74. The van der Waals surface area contributed by atoms with E-state index in [0.717, 1.165) is 35.7 Å². The Morgan fingerprint density at radius 1 is 1.41 bits per heavy atom. The lowest BCUT2D eigenvalue weighted by Gasteiger charge is -2.04. The van der Waals surface area contributed by atoms with Crippen LogP contribution in [0.4, 0.5) is 5.69 Å². The van der Waals surface area contributed by atoms with Gasteiger partial charge in [0.15, 0.2) is 0 Å². The zero-order valence-electron chi connectivity index (χ0n) is 9.93. The molecule has 1 heterocycles. The minimum absolute atomic E-state index is 0.581. The lowest BCUT2D eigenvalue weighted by molar-refractivity contribution is 0.476. The van der Waals surface area contributed by atoms with Crippen molar-refractivity contribution in [3.63, 3.8) is 0 Å². The van der Waals surface area contributed by atoms with Crippen molar-refractivity contribution in [3.05, 3.63) is 29.6 Å². The molecule has 2 N–H and O–H groups in total. The van der Waals surface area contributed by atoms with Crippen LogP contribution in [0.3, 0.4) is 0 Å². The number of aryl methyl sites for hydroxylation is 2. The quantitative estimate of drug-likeness (QED) is 0.845. The first-order valence-electron chi connectivity index (χ1n) is 5.55. The zero-order chi connectivity index (χ0) is 12.3. The number of hydrogen-bond acceptors (Lipinski definition) is 5. The Morgan fingerprint density at radius 2 is 2.24 bits per heavy atom. The van der Waals surface area contributed by atoms with Crippen LogP contribution in [-0.2, 0) is 6.42 Å². The molecule has 0 amide bonds. The van der Waals surface area contributed by atoms with Crippen molar-refractivity contribution in [3.8, 4) is 10.9 Å². The predicted molar refractivity (Wildman–Crippen MR) is 69.6 cm³/mol. The summed E-state index contributed by atoms with van der Waals surface area (Å²) in [5, 5.41) is 0.581. The molecule has 0 bridgehead atoms. The number of hydrogen-bond donors (Lipinski definition) is 1. The summed E-state index contributed by atoms with van der Waals surface area (Å²) in [7, 11) is 0. The Labute approximate surface area is 105 Å². The fourth-order valence-corrected chi connectivity index (χ4v) is 2.01. The summed E-state index contributed by atoms with van der Waals surface area (Å²) in [6.07, 6.45) is 1.93. The van der Waals surface area contributed by atoms with Crippen molar-refractivity contribution in [1.29, 1.82) is 0 Å². The topological polar surface area (TPSA) is 61.0 Å². The van der Waals surface area contributed by atoms with Gasteiger partial charge in [-0.1, -0.05) is 6.92 Å². The van der Waals surface area contributed by atoms with Crippen LogP contribution in [0.2, 0.25) is 0 Å². The number of anilines is 1. The predicted octanol–water partition coefficient (Wildman–Crippen LogP) is 3.17. The van der Waals surface area contributed by atoms with Crippen molar-refractivity contribution in [1.82, 2.24) is 9.36 Å². The molecule has 5 heteroatoms. The highest BCUT2D eigenvalue weighted by atomic mass is 32.1. The molecule has 0 fully saturated rings. The van der Waals surface area contributed by atoms with Gasteiger partial charge in [-0.3, -0.25) is 0 Å². The number of ether oxygens (including phenoxy) is 1. The first-order valence-corrected chi connectivity index (χ1v) is 6.33. The molecule has 1 aromatic carbocycles. The zero-order valence-corrected chi connectivity index (χ0v) is 10.8. The van der Waals surface area contributed by atoms with Gasteiger partial charge >= 0.3 is 0 Å². The third kappa shape index (κ3) is 2.94. The van der Waals surface area contributed by atoms with Crippen molar-refractivity contribution in [2.24, 2.45) is 0 Å². The molecule has 2 aromatic rings. The van der Waals surface area contributed by atoms with Gasteiger partial charge in [-0.15, -0.1) is 0 Å². The molecule has 1 aromatic heterocycles. The van der Waals surface area contributed by atoms with Gasteiger partial charge in [0.25, 0.3) is 5.19 Å². The second kappa shape index (κ2) is 5.14. The minimum atomic E-state index is 0.581. The number of benzene rings is 1. The molecular formula is C12H15N3OS. The van der Waals surface area contributed by atoms with E-state index in [2.05, 4.69) is 16.3 Å². The molecule has 17 heavy (non-hydrogen) atoms. The molecule has 4 nitrogen and oxygen atoms in total. The minimum Gasteiger partial charge on any atom is -0.430 e. The maximum Gasteiger partial charge on any atom is 0.298 e. The number of aromatic nitrogens is 2. The van der Waals surface area contributed by atoms with E-state index in [4.69, 9.17) is 10.5 Å². The van der Waals surface area contributed by atoms with E-state index in [-0.39, 0.29) is 0 Å². The van der Waals surface area contributed by atoms with Crippen LogP contribution in [0.25, 0.3) is 0 Å². The second-order valence-corrected chi connectivity index (χ2v) is 4.56. The molecule has 2 rings (SSSR count). The molecule has 0 radical (unpaired) electrons. The van der Waals surface area contributed by atoms with Crippen LogP contribution in [0.5, 0.6) is 10.9 Å². The van der Waals surface area contributed by atoms with Crippen LogP contribution in [0.1, 0.15) is 24.7 Å². The molecule has 0 saturated carbocycles. The molecule has 0 aliphatic carbocycles. The van der Waals surface area contributed by atoms with Crippen LogP contribution in [0, 0.1) is 6.92 Å². The van der Waals surface area contributed by atoms with Crippen molar-refractivity contribution < 1.29 is 4.74 Å². The van der Waals surface area contributed by atoms with Gasteiger partial charge in [-0.25, -0.2) is 0 Å². The molecule has 90 valence electrons. The highest BCUT2D eigenvalue weighted by molar-refractivity contribution is 7.07. The SMILES string of the molecule is CCCc1nsc(Oc2ccc(N)c(C)c2)n1. The van der Waals surface area contributed by atoms with Gasteiger partial charge in [-0.2, -0.15) is 9.36 Å². The van der Waals surface area contributed by atoms with Gasteiger partial charge in [-0.05, 0) is 37.1 Å². The van der Waals surface area contributed by atoms with Crippen LogP contribution in [0.15, 0.2) is 18.2 Å². The molecule has 0 saturated heterocycles. The molecular weight excluding hydrogens is 234 g/mol. The fourth-order valence-electron chi connectivity index (χ4n) is 1.42. The van der Waals surface area contributed by atoms with E-state index in [1.54, 1.807) is 0 Å². The standard InChI is InChI=1S/C12H15N3OS/c1-3-4-11-14-12(17-15-11)16-9-5-6-10(13)8(2)7-9/h5-7H,3-4,13H2,1-2H3. The second-order valence-electron chi connectivity index (χ2n) is 3.85. The summed E-state index contributed by atoms with van der Waals surface area (Å²) < 4.78 is 9.85.